The molecule has 0 bridgehead atoms. The van der Waals surface area contributed by atoms with E-state index in [1.165, 1.54) is 0 Å². The van der Waals surface area contributed by atoms with Gasteiger partial charge in [-0.1, -0.05) is 0 Å². The number of carbonyl (C=O) groups excluding carboxylic acids is 1. The highest BCUT2D eigenvalue weighted by Crippen LogP contribution is 2.15. The first-order valence-corrected chi connectivity index (χ1v) is 6.92. The van der Waals surface area contributed by atoms with Gasteiger partial charge >= 0.3 is 0 Å². The minimum Gasteiger partial charge on any atom is -0.361 e. The van der Waals surface area contributed by atoms with Crippen molar-refractivity contribution in [2.45, 2.75) is 25.3 Å². The van der Waals surface area contributed by atoms with E-state index in [9.17, 15) is 4.79 Å². The molecular formula is C15H19N3O. The summed E-state index contributed by atoms with van der Waals surface area (Å²) in [6.45, 7) is 2.05. The lowest BCUT2D eigenvalue weighted by Gasteiger charge is -2.15. The van der Waals surface area contributed by atoms with E-state index in [1.54, 1.807) is 0 Å². The van der Waals surface area contributed by atoms with Crippen LogP contribution in [-0.2, 0) is 0 Å². The van der Waals surface area contributed by atoms with Gasteiger partial charge in [-0.2, -0.15) is 0 Å². The Morgan fingerprint density at radius 3 is 3.11 bits per heavy atom. The molecule has 3 N–H and O–H groups in total. The number of rotatable bonds is 2. The summed E-state index contributed by atoms with van der Waals surface area (Å²) in [6, 6.07) is 8.06. The number of hydrogen-bond donors (Lipinski definition) is 3. The molecule has 0 spiro atoms. The molecule has 1 unspecified atom stereocenters. The zero-order chi connectivity index (χ0) is 13.1. The number of nitrogens with one attached hydrogen (secondary N) is 3. The molecule has 100 valence electrons. The molecule has 0 saturated carbocycles. The van der Waals surface area contributed by atoms with E-state index in [0.717, 1.165) is 48.8 Å². The average molecular weight is 257 g/mol. The molecule has 1 aliphatic rings. The second-order valence-corrected chi connectivity index (χ2v) is 5.13. The number of benzene rings is 1. The Morgan fingerprint density at radius 2 is 2.16 bits per heavy atom. The number of aromatic nitrogens is 1. The van der Waals surface area contributed by atoms with Crippen LogP contribution < -0.4 is 10.6 Å². The Hall–Kier alpha value is -1.81. The lowest BCUT2D eigenvalue weighted by Crippen LogP contribution is -2.35. The molecule has 1 saturated heterocycles. The summed E-state index contributed by atoms with van der Waals surface area (Å²) in [6.07, 6.45) is 5.09. The highest BCUT2D eigenvalue weighted by Gasteiger charge is 2.15. The maximum Gasteiger partial charge on any atom is 0.251 e. The lowest BCUT2D eigenvalue weighted by molar-refractivity contribution is 0.0934. The van der Waals surface area contributed by atoms with E-state index in [-0.39, 0.29) is 5.91 Å². The van der Waals surface area contributed by atoms with Crippen molar-refractivity contribution in [2.75, 3.05) is 13.1 Å². The molecule has 2 aromatic rings. The SMILES string of the molecule is O=C(NC1CCCNCC1)c1ccc2[nH]ccc2c1. The quantitative estimate of drug-likeness (QED) is 0.771. The second kappa shape index (κ2) is 5.45. The number of carbonyl (C=O) groups is 1. The average Bonchev–Trinajstić information content (AvgIpc) is 2.75. The molecule has 19 heavy (non-hydrogen) atoms. The number of aromatic amines is 1. The fourth-order valence-electron chi connectivity index (χ4n) is 2.63. The molecule has 4 nitrogen and oxygen atoms in total. The predicted octanol–water partition coefficient (Wildman–Crippen LogP) is 2.04. The van der Waals surface area contributed by atoms with Gasteiger partial charge in [-0.3, -0.25) is 4.79 Å². The van der Waals surface area contributed by atoms with E-state index < -0.39 is 0 Å². The van der Waals surface area contributed by atoms with Crippen LogP contribution in [0.3, 0.4) is 0 Å². The van der Waals surface area contributed by atoms with Gasteiger partial charge in [-0.05, 0) is 56.6 Å². The zero-order valence-electron chi connectivity index (χ0n) is 10.9. The van der Waals surface area contributed by atoms with Gasteiger partial charge in [0, 0.05) is 28.7 Å². The highest BCUT2D eigenvalue weighted by molar-refractivity contribution is 5.98. The second-order valence-electron chi connectivity index (χ2n) is 5.13. The largest absolute Gasteiger partial charge is 0.361 e. The molecule has 1 aromatic carbocycles. The summed E-state index contributed by atoms with van der Waals surface area (Å²) in [7, 11) is 0. The van der Waals surface area contributed by atoms with Crippen LogP contribution in [0.1, 0.15) is 29.6 Å². The van der Waals surface area contributed by atoms with Crippen molar-refractivity contribution in [2.24, 2.45) is 0 Å². The lowest BCUT2D eigenvalue weighted by atomic mass is 10.1. The molecule has 0 aliphatic carbocycles. The number of H-pyrrole nitrogens is 1. The summed E-state index contributed by atoms with van der Waals surface area (Å²) in [4.78, 5) is 15.4. The molecule has 1 fully saturated rings. The van der Waals surface area contributed by atoms with Crippen LogP contribution in [0.2, 0.25) is 0 Å². The number of fused-ring (bicyclic) bond motifs is 1. The van der Waals surface area contributed by atoms with Crippen LogP contribution in [0.4, 0.5) is 0 Å². The van der Waals surface area contributed by atoms with E-state index in [2.05, 4.69) is 15.6 Å². The summed E-state index contributed by atoms with van der Waals surface area (Å²) < 4.78 is 0. The minimum absolute atomic E-state index is 0.0370. The molecule has 1 atom stereocenters. The molecule has 2 heterocycles. The molecular weight excluding hydrogens is 238 g/mol. The topological polar surface area (TPSA) is 56.9 Å². The first-order valence-electron chi connectivity index (χ1n) is 6.92. The first kappa shape index (κ1) is 12.2. The Labute approximate surface area is 112 Å². The van der Waals surface area contributed by atoms with Crippen molar-refractivity contribution >= 4 is 16.8 Å². The van der Waals surface area contributed by atoms with Crippen LogP contribution in [0.15, 0.2) is 30.5 Å². The molecule has 1 aromatic heterocycles. The number of hydrogen-bond acceptors (Lipinski definition) is 2. The Balaban J connectivity index is 1.71. The smallest absolute Gasteiger partial charge is 0.251 e. The summed E-state index contributed by atoms with van der Waals surface area (Å²) >= 11 is 0. The first-order chi connectivity index (χ1) is 9.33. The van der Waals surface area contributed by atoms with Crippen molar-refractivity contribution in [3.05, 3.63) is 36.0 Å². The summed E-state index contributed by atoms with van der Waals surface area (Å²) in [5.41, 5.74) is 1.81. The van der Waals surface area contributed by atoms with Crippen molar-refractivity contribution in [3.8, 4) is 0 Å². The van der Waals surface area contributed by atoms with Crippen molar-refractivity contribution < 1.29 is 4.79 Å². The molecule has 0 radical (unpaired) electrons. The maximum absolute atomic E-state index is 12.2. The molecule has 1 aliphatic heterocycles. The van der Waals surface area contributed by atoms with Gasteiger partial charge in [0.2, 0.25) is 0 Å². The fourth-order valence-corrected chi connectivity index (χ4v) is 2.63. The summed E-state index contributed by atoms with van der Waals surface area (Å²) in [5, 5.41) is 7.58. The van der Waals surface area contributed by atoms with Gasteiger partial charge in [0.25, 0.3) is 5.91 Å². The van der Waals surface area contributed by atoms with Crippen LogP contribution in [0, 0.1) is 0 Å². The van der Waals surface area contributed by atoms with Crippen LogP contribution in [0.25, 0.3) is 10.9 Å². The Bertz CT molecular complexity index is 568. The van der Waals surface area contributed by atoms with Crippen molar-refractivity contribution in [1.82, 2.24) is 15.6 Å². The number of amides is 1. The Morgan fingerprint density at radius 1 is 1.21 bits per heavy atom. The van der Waals surface area contributed by atoms with Gasteiger partial charge in [-0.15, -0.1) is 0 Å². The van der Waals surface area contributed by atoms with Gasteiger partial charge in [0.15, 0.2) is 0 Å². The third kappa shape index (κ3) is 2.79. The third-order valence-corrected chi connectivity index (χ3v) is 3.73. The molecule has 1 amide bonds. The summed E-state index contributed by atoms with van der Waals surface area (Å²) in [5.74, 6) is 0.0370. The zero-order valence-corrected chi connectivity index (χ0v) is 10.9. The van der Waals surface area contributed by atoms with Crippen LogP contribution >= 0.6 is 0 Å². The normalized spacial score (nSPS) is 20.1. The van der Waals surface area contributed by atoms with Crippen molar-refractivity contribution in [1.29, 1.82) is 0 Å². The minimum atomic E-state index is 0.0370. The van der Waals surface area contributed by atoms with Gasteiger partial charge < -0.3 is 15.6 Å². The third-order valence-electron chi connectivity index (χ3n) is 3.73. The highest BCUT2D eigenvalue weighted by atomic mass is 16.1. The Kier molecular flexibility index (Phi) is 3.51. The van der Waals surface area contributed by atoms with Gasteiger partial charge in [0.1, 0.15) is 0 Å². The molecule has 4 heteroatoms. The van der Waals surface area contributed by atoms with Crippen LogP contribution in [0.5, 0.6) is 0 Å². The fraction of sp³-hybridized carbons (Fsp3) is 0.400. The van der Waals surface area contributed by atoms with E-state index >= 15 is 0 Å². The van der Waals surface area contributed by atoms with E-state index in [0.29, 0.717) is 6.04 Å². The maximum atomic E-state index is 12.2. The van der Waals surface area contributed by atoms with Gasteiger partial charge in [-0.25, -0.2) is 0 Å². The predicted molar refractivity (Wildman–Crippen MR) is 76.3 cm³/mol. The van der Waals surface area contributed by atoms with E-state index in [4.69, 9.17) is 0 Å². The van der Waals surface area contributed by atoms with Gasteiger partial charge in [0.05, 0.1) is 0 Å². The van der Waals surface area contributed by atoms with E-state index in [1.807, 2.05) is 30.5 Å². The monoisotopic (exact) mass is 257 g/mol. The standard InChI is InChI=1S/C15H19N3O/c19-15(18-13-2-1-7-16-8-6-13)12-3-4-14-11(10-12)5-9-17-14/h3-5,9-10,13,16-17H,1-2,6-8H2,(H,18,19). The van der Waals surface area contributed by atoms with Crippen molar-refractivity contribution in [3.63, 3.8) is 0 Å². The van der Waals surface area contributed by atoms with Crippen LogP contribution in [-0.4, -0.2) is 30.0 Å². The molecule has 3 rings (SSSR count).